The quantitative estimate of drug-likeness (QED) is 0.848. The predicted octanol–water partition coefficient (Wildman–Crippen LogP) is 2.42. The Morgan fingerprint density at radius 2 is 1.91 bits per heavy atom. The van der Waals surface area contributed by atoms with Gasteiger partial charge >= 0.3 is 5.97 Å². The minimum Gasteiger partial charge on any atom is -0.462 e. The number of amides is 1. The summed E-state index contributed by atoms with van der Waals surface area (Å²) >= 11 is 0. The number of esters is 1. The molecule has 6 heteroatoms. The number of rotatable bonds is 4. The SMILES string of the molecule is CCOC(=O)c1cc(C(=O)Nc2cccc(C)c2)c(=O)[nH]c1C. The third-order valence-electron chi connectivity index (χ3n) is 3.25. The number of aromatic amines is 1. The van der Waals surface area contributed by atoms with Gasteiger partial charge in [-0.15, -0.1) is 0 Å². The van der Waals surface area contributed by atoms with Crippen LogP contribution in [-0.2, 0) is 4.74 Å². The van der Waals surface area contributed by atoms with Gasteiger partial charge in [-0.25, -0.2) is 4.79 Å². The molecule has 2 N–H and O–H groups in total. The zero-order chi connectivity index (χ0) is 17.0. The van der Waals surface area contributed by atoms with Crippen LogP contribution in [0.2, 0.25) is 0 Å². The lowest BCUT2D eigenvalue weighted by atomic mass is 10.1. The van der Waals surface area contributed by atoms with Crippen molar-refractivity contribution >= 4 is 17.6 Å². The van der Waals surface area contributed by atoms with Crippen molar-refractivity contribution in [2.45, 2.75) is 20.8 Å². The normalized spacial score (nSPS) is 10.2. The molecule has 23 heavy (non-hydrogen) atoms. The van der Waals surface area contributed by atoms with E-state index in [0.29, 0.717) is 11.4 Å². The third-order valence-corrected chi connectivity index (χ3v) is 3.25. The molecule has 1 aromatic carbocycles. The number of pyridine rings is 1. The molecule has 2 aromatic rings. The fraction of sp³-hybridized carbons (Fsp3) is 0.235. The van der Waals surface area contributed by atoms with Crippen molar-refractivity contribution in [2.75, 3.05) is 11.9 Å². The van der Waals surface area contributed by atoms with Gasteiger partial charge in [0.25, 0.3) is 11.5 Å². The second-order valence-electron chi connectivity index (χ2n) is 5.09. The summed E-state index contributed by atoms with van der Waals surface area (Å²) < 4.78 is 4.92. The van der Waals surface area contributed by atoms with E-state index < -0.39 is 17.4 Å². The standard InChI is InChI=1S/C17H18N2O4/c1-4-23-17(22)13-9-14(15(20)18-11(13)3)16(21)19-12-7-5-6-10(2)8-12/h5-9H,4H2,1-3H3,(H,18,20)(H,19,21). The molecule has 0 aliphatic heterocycles. The van der Waals surface area contributed by atoms with Crippen LogP contribution in [-0.4, -0.2) is 23.5 Å². The van der Waals surface area contributed by atoms with E-state index in [0.717, 1.165) is 5.56 Å². The molecule has 1 aromatic heterocycles. The Hall–Kier alpha value is -2.89. The minimum atomic E-state index is -0.581. The summed E-state index contributed by atoms with van der Waals surface area (Å²) in [4.78, 5) is 38.7. The average molecular weight is 314 g/mol. The van der Waals surface area contributed by atoms with E-state index in [2.05, 4.69) is 10.3 Å². The van der Waals surface area contributed by atoms with Gasteiger partial charge in [0.15, 0.2) is 0 Å². The number of nitrogens with one attached hydrogen (secondary N) is 2. The smallest absolute Gasteiger partial charge is 0.339 e. The first-order valence-corrected chi connectivity index (χ1v) is 7.21. The maximum Gasteiger partial charge on any atom is 0.339 e. The highest BCUT2D eigenvalue weighted by Crippen LogP contribution is 2.12. The van der Waals surface area contributed by atoms with Crippen molar-refractivity contribution in [1.82, 2.24) is 4.98 Å². The van der Waals surface area contributed by atoms with Gasteiger partial charge in [0.05, 0.1) is 12.2 Å². The molecule has 1 amide bonds. The fourth-order valence-corrected chi connectivity index (χ4v) is 2.13. The molecule has 6 nitrogen and oxygen atoms in total. The Bertz CT molecular complexity index is 808. The summed E-state index contributed by atoms with van der Waals surface area (Å²) in [7, 11) is 0. The number of aromatic nitrogens is 1. The lowest BCUT2D eigenvalue weighted by Crippen LogP contribution is -2.25. The second-order valence-corrected chi connectivity index (χ2v) is 5.09. The van der Waals surface area contributed by atoms with E-state index in [1.807, 2.05) is 13.0 Å². The van der Waals surface area contributed by atoms with Crippen LogP contribution in [0, 0.1) is 13.8 Å². The lowest BCUT2D eigenvalue weighted by molar-refractivity contribution is 0.0525. The van der Waals surface area contributed by atoms with Gasteiger partial charge in [-0.1, -0.05) is 12.1 Å². The number of ether oxygens (including phenoxy) is 1. The van der Waals surface area contributed by atoms with Crippen LogP contribution < -0.4 is 10.9 Å². The highest BCUT2D eigenvalue weighted by Gasteiger charge is 2.18. The van der Waals surface area contributed by atoms with Gasteiger partial charge in [0.2, 0.25) is 0 Å². The van der Waals surface area contributed by atoms with Crippen molar-refractivity contribution in [3.05, 3.63) is 63.1 Å². The van der Waals surface area contributed by atoms with E-state index in [1.54, 1.807) is 32.0 Å². The summed E-state index contributed by atoms with van der Waals surface area (Å²) in [6.07, 6.45) is 0. The maximum atomic E-state index is 12.3. The van der Waals surface area contributed by atoms with Crippen LogP contribution in [0.1, 0.15) is 38.9 Å². The van der Waals surface area contributed by atoms with Crippen LogP contribution in [0.5, 0.6) is 0 Å². The molecule has 0 spiro atoms. The summed E-state index contributed by atoms with van der Waals surface area (Å²) in [6, 6.07) is 8.46. The number of anilines is 1. The van der Waals surface area contributed by atoms with Crippen LogP contribution in [0.3, 0.4) is 0 Å². The Labute approximate surface area is 133 Å². The van der Waals surface area contributed by atoms with Crippen molar-refractivity contribution in [1.29, 1.82) is 0 Å². The minimum absolute atomic E-state index is 0.139. The molecule has 0 fully saturated rings. The topological polar surface area (TPSA) is 88.3 Å². The molecular weight excluding hydrogens is 296 g/mol. The number of H-pyrrole nitrogens is 1. The van der Waals surface area contributed by atoms with E-state index in [9.17, 15) is 14.4 Å². The number of aryl methyl sites for hydroxylation is 2. The van der Waals surface area contributed by atoms with E-state index in [4.69, 9.17) is 4.74 Å². The Morgan fingerprint density at radius 3 is 2.57 bits per heavy atom. The lowest BCUT2D eigenvalue weighted by Gasteiger charge is -2.09. The Morgan fingerprint density at radius 1 is 1.17 bits per heavy atom. The first-order chi connectivity index (χ1) is 10.9. The van der Waals surface area contributed by atoms with Gasteiger partial charge < -0.3 is 15.0 Å². The fourth-order valence-electron chi connectivity index (χ4n) is 2.13. The number of carbonyl (C=O) groups excluding carboxylic acids is 2. The van der Waals surface area contributed by atoms with E-state index in [-0.39, 0.29) is 17.7 Å². The zero-order valence-electron chi connectivity index (χ0n) is 13.2. The first-order valence-electron chi connectivity index (χ1n) is 7.21. The molecule has 0 aliphatic carbocycles. The highest BCUT2D eigenvalue weighted by atomic mass is 16.5. The average Bonchev–Trinajstić information content (AvgIpc) is 2.47. The molecule has 0 aliphatic rings. The van der Waals surface area contributed by atoms with Crippen molar-refractivity contribution in [2.24, 2.45) is 0 Å². The van der Waals surface area contributed by atoms with Crippen molar-refractivity contribution in [3.8, 4) is 0 Å². The molecule has 0 saturated heterocycles. The number of hydrogen-bond acceptors (Lipinski definition) is 4. The largest absolute Gasteiger partial charge is 0.462 e. The summed E-state index contributed by atoms with van der Waals surface area (Å²) in [5.74, 6) is -1.16. The summed E-state index contributed by atoms with van der Waals surface area (Å²) in [6.45, 7) is 5.37. The van der Waals surface area contributed by atoms with Crippen LogP contribution in [0.25, 0.3) is 0 Å². The van der Waals surface area contributed by atoms with Crippen LogP contribution in [0.4, 0.5) is 5.69 Å². The van der Waals surface area contributed by atoms with Crippen molar-refractivity contribution in [3.63, 3.8) is 0 Å². The highest BCUT2D eigenvalue weighted by molar-refractivity contribution is 6.05. The van der Waals surface area contributed by atoms with Gasteiger partial charge in [0, 0.05) is 11.4 Å². The molecular formula is C17H18N2O4. The molecule has 0 radical (unpaired) electrons. The molecule has 0 unspecified atom stereocenters. The first kappa shape index (κ1) is 16.5. The molecule has 1 heterocycles. The van der Waals surface area contributed by atoms with Gasteiger partial charge in [-0.3, -0.25) is 9.59 Å². The van der Waals surface area contributed by atoms with Crippen LogP contribution >= 0.6 is 0 Å². The zero-order valence-corrected chi connectivity index (χ0v) is 13.2. The Kier molecular flexibility index (Phi) is 4.95. The molecule has 120 valence electrons. The predicted molar refractivity (Wildman–Crippen MR) is 86.9 cm³/mol. The Balaban J connectivity index is 2.34. The van der Waals surface area contributed by atoms with Crippen LogP contribution in [0.15, 0.2) is 35.1 Å². The second kappa shape index (κ2) is 6.91. The summed E-state index contributed by atoms with van der Waals surface area (Å²) in [5, 5.41) is 2.65. The number of carbonyl (C=O) groups is 2. The summed E-state index contributed by atoms with van der Waals surface area (Å²) in [5.41, 5.74) is 1.39. The van der Waals surface area contributed by atoms with Gasteiger partial charge in [-0.2, -0.15) is 0 Å². The van der Waals surface area contributed by atoms with E-state index >= 15 is 0 Å². The molecule has 0 bridgehead atoms. The monoisotopic (exact) mass is 314 g/mol. The number of hydrogen-bond donors (Lipinski definition) is 2. The molecule has 0 saturated carbocycles. The maximum absolute atomic E-state index is 12.3. The van der Waals surface area contributed by atoms with Gasteiger partial charge in [0.1, 0.15) is 5.56 Å². The molecule has 2 rings (SSSR count). The number of benzene rings is 1. The van der Waals surface area contributed by atoms with Gasteiger partial charge in [-0.05, 0) is 44.5 Å². The van der Waals surface area contributed by atoms with E-state index in [1.165, 1.54) is 6.07 Å². The third kappa shape index (κ3) is 3.85. The molecule has 0 atom stereocenters. The van der Waals surface area contributed by atoms with Crippen molar-refractivity contribution < 1.29 is 14.3 Å².